The number of aliphatic imine (C=N–C) groups is 1. The molecule has 0 radical (unpaired) electrons. The van der Waals surface area contributed by atoms with Gasteiger partial charge in [0.05, 0.1) is 24.3 Å². The summed E-state index contributed by atoms with van der Waals surface area (Å²) >= 11 is 1.32. The van der Waals surface area contributed by atoms with Crippen LogP contribution in [0.5, 0.6) is 11.5 Å². The number of carbonyl (C=O) groups is 1. The van der Waals surface area contributed by atoms with Crippen LogP contribution < -0.4 is 14.8 Å². The molecule has 0 spiro atoms. The van der Waals surface area contributed by atoms with Crippen LogP contribution in [0.15, 0.2) is 52.4 Å². The molecule has 3 rings (SSSR count). The first-order valence-electron chi connectivity index (χ1n) is 8.82. The van der Waals surface area contributed by atoms with Crippen LogP contribution >= 0.6 is 11.8 Å². The van der Waals surface area contributed by atoms with E-state index in [1.165, 1.54) is 17.3 Å². The van der Waals surface area contributed by atoms with Crippen molar-refractivity contribution >= 4 is 34.6 Å². The van der Waals surface area contributed by atoms with Crippen molar-refractivity contribution in [3.63, 3.8) is 0 Å². The number of hydrogen-bond acceptors (Lipinski definition) is 5. The number of benzene rings is 2. The molecule has 27 heavy (non-hydrogen) atoms. The lowest BCUT2D eigenvalue weighted by atomic mass is 10.2. The minimum absolute atomic E-state index is 0.156. The number of rotatable bonds is 6. The first kappa shape index (κ1) is 19.0. The predicted molar refractivity (Wildman–Crippen MR) is 111 cm³/mol. The number of amides is 1. The van der Waals surface area contributed by atoms with Crippen LogP contribution in [0, 0.1) is 0 Å². The average Bonchev–Trinajstić information content (AvgIpc) is 3.02. The van der Waals surface area contributed by atoms with Crippen LogP contribution in [0.3, 0.4) is 0 Å². The minimum Gasteiger partial charge on any atom is -0.493 e. The molecule has 0 aliphatic carbocycles. The molecule has 140 valence electrons. The second-order valence-electron chi connectivity index (χ2n) is 5.85. The molecule has 2 aromatic rings. The smallest absolute Gasteiger partial charge is 0.264 e. The zero-order valence-electron chi connectivity index (χ0n) is 15.6. The Morgan fingerprint density at radius 3 is 2.56 bits per heavy atom. The van der Waals surface area contributed by atoms with Crippen molar-refractivity contribution in [2.45, 2.75) is 20.3 Å². The number of ether oxygens (including phenoxy) is 2. The van der Waals surface area contributed by atoms with Gasteiger partial charge in [0.15, 0.2) is 16.7 Å². The summed E-state index contributed by atoms with van der Waals surface area (Å²) < 4.78 is 10.9. The van der Waals surface area contributed by atoms with E-state index in [1.807, 2.05) is 55.5 Å². The highest BCUT2D eigenvalue weighted by molar-refractivity contribution is 8.18. The Balaban J connectivity index is 1.79. The molecular weight excluding hydrogens is 360 g/mol. The van der Waals surface area contributed by atoms with Crippen LogP contribution in [0.2, 0.25) is 0 Å². The third-order valence-electron chi connectivity index (χ3n) is 4.01. The van der Waals surface area contributed by atoms with E-state index < -0.39 is 0 Å². The van der Waals surface area contributed by atoms with E-state index in [1.54, 1.807) is 7.11 Å². The fourth-order valence-electron chi connectivity index (χ4n) is 2.60. The van der Waals surface area contributed by atoms with Gasteiger partial charge in [-0.3, -0.25) is 4.79 Å². The molecule has 1 aliphatic heterocycles. The lowest BCUT2D eigenvalue weighted by molar-refractivity contribution is -0.115. The van der Waals surface area contributed by atoms with Gasteiger partial charge < -0.3 is 14.8 Å². The summed E-state index contributed by atoms with van der Waals surface area (Å²) in [5.41, 5.74) is 2.94. The van der Waals surface area contributed by atoms with Gasteiger partial charge in [-0.15, -0.1) is 0 Å². The van der Waals surface area contributed by atoms with Gasteiger partial charge >= 0.3 is 0 Å². The number of carbonyl (C=O) groups excluding carboxylic acids is 1. The summed E-state index contributed by atoms with van der Waals surface area (Å²) in [5.74, 6) is 1.17. The number of methoxy groups -OCH3 is 1. The highest BCUT2D eigenvalue weighted by Gasteiger charge is 2.24. The standard InChI is InChI=1S/C21H22N2O3S/c1-4-14-6-9-16(10-7-14)22-21-23-20(24)19(27-21)13-15-8-11-17(26-5-2)18(12-15)25-3/h6-13H,4-5H2,1-3H3,(H,22,23,24). The van der Waals surface area contributed by atoms with Gasteiger partial charge in [-0.1, -0.05) is 25.1 Å². The molecule has 1 aliphatic rings. The van der Waals surface area contributed by atoms with Crippen molar-refractivity contribution < 1.29 is 14.3 Å². The summed E-state index contributed by atoms with van der Waals surface area (Å²) in [6.07, 6.45) is 2.81. The van der Waals surface area contributed by atoms with Crippen molar-refractivity contribution in [3.05, 3.63) is 58.5 Å². The molecule has 0 saturated carbocycles. The van der Waals surface area contributed by atoms with Crippen LogP contribution in [0.4, 0.5) is 5.69 Å². The predicted octanol–water partition coefficient (Wildman–Crippen LogP) is 4.55. The zero-order valence-corrected chi connectivity index (χ0v) is 16.4. The summed E-state index contributed by atoms with van der Waals surface area (Å²) in [4.78, 5) is 17.4. The molecule has 0 bridgehead atoms. The van der Waals surface area contributed by atoms with Gasteiger partial charge in [0.25, 0.3) is 5.91 Å². The van der Waals surface area contributed by atoms with E-state index >= 15 is 0 Å². The van der Waals surface area contributed by atoms with Crippen LogP contribution in [-0.4, -0.2) is 24.8 Å². The van der Waals surface area contributed by atoms with E-state index in [2.05, 4.69) is 17.2 Å². The number of nitrogens with zero attached hydrogens (tertiary/aromatic N) is 1. The number of thioether (sulfide) groups is 1. The molecule has 1 amide bonds. The maximum Gasteiger partial charge on any atom is 0.264 e. The van der Waals surface area contributed by atoms with E-state index in [-0.39, 0.29) is 5.91 Å². The molecule has 1 fully saturated rings. The van der Waals surface area contributed by atoms with Gasteiger partial charge in [-0.05, 0) is 66.6 Å². The molecule has 1 N–H and O–H groups in total. The molecule has 5 nitrogen and oxygen atoms in total. The zero-order chi connectivity index (χ0) is 19.2. The lowest BCUT2D eigenvalue weighted by Crippen LogP contribution is -2.19. The number of hydrogen-bond donors (Lipinski definition) is 1. The van der Waals surface area contributed by atoms with Gasteiger partial charge in [0.1, 0.15) is 0 Å². The second-order valence-corrected chi connectivity index (χ2v) is 6.88. The Hall–Kier alpha value is -2.73. The Kier molecular flexibility index (Phi) is 6.19. The fraction of sp³-hybridized carbons (Fsp3) is 0.238. The summed E-state index contributed by atoms with van der Waals surface area (Å²) in [7, 11) is 1.60. The van der Waals surface area contributed by atoms with Gasteiger partial charge in [-0.25, -0.2) is 4.99 Å². The maximum absolute atomic E-state index is 12.3. The molecule has 0 unspecified atom stereocenters. The monoisotopic (exact) mass is 382 g/mol. The van der Waals surface area contributed by atoms with Crippen molar-refractivity contribution in [1.82, 2.24) is 5.32 Å². The van der Waals surface area contributed by atoms with Gasteiger partial charge in [0, 0.05) is 0 Å². The molecule has 0 aromatic heterocycles. The maximum atomic E-state index is 12.3. The van der Waals surface area contributed by atoms with Gasteiger partial charge in [0.2, 0.25) is 0 Å². The Morgan fingerprint density at radius 2 is 1.89 bits per heavy atom. The topological polar surface area (TPSA) is 59.9 Å². The Labute approximate surface area is 163 Å². The lowest BCUT2D eigenvalue weighted by Gasteiger charge is -2.09. The van der Waals surface area contributed by atoms with E-state index in [0.717, 1.165) is 17.7 Å². The van der Waals surface area contributed by atoms with Gasteiger partial charge in [-0.2, -0.15) is 0 Å². The van der Waals surface area contributed by atoms with Crippen molar-refractivity contribution in [2.24, 2.45) is 4.99 Å². The Morgan fingerprint density at radius 1 is 1.11 bits per heavy atom. The normalized spacial score (nSPS) is 16.6. The van der Waals surface area contributed by atoms with Crippen molar-refractivity contribution in [3.8, 4) is 11.5 Å². The minimum atomic E-state index is -0.156. The highest BCUT2D eigenvalue weighted by atomic mass is 32.2. The quantitative estimate of drug-likeness (QED) is 0.745. The van der Waals surface area contributed by atoms with E-state index in [4.69, 9.17) is 9.47 Å². The largest absolute Gasteiger partial charge is 0.493 e. The average molecular weight is 382 g/mol. The van der Waals surface area contributed by atoms with Crippen LogP contribution in [-0.2, 0) is 11.2 Å². The van der Waals surface area contributed by atoms with E-state index in [0.29, 0.717) is 28.2 Å². The molecule has 1 saturated heterocycles. The summed E-state index contributed by atoms with van der Waals surface area (Å²) in [5, 5.41) is 3.39. The van der Waals surface area contributed by atoms with Crippen LogP contribution in [0.1, 0.15) is 25.0 Å². The van der Waals surface area contributed by atoms with Crippen molar-refractivity contribution in [1.29, 1.82) is 0 Å². The molecule has 6 heteroatoms. The third kappa shape index (κ3) is 4.71. The molecule has 0 atom stereocenters. The Bertz CT molecular complexity index is 889. The highest BCUT2D eigenvalue weighted by Crippen LogP contribution is 2.32. The summed E-state index contributed by atoms with van der Waals surface area (Å²) in [6, 6.07) is 13.6. The number of amidine groups is 1. The third-order valence-corrected chi connectivity index (χ3v) is 4.92. The number of nitrogens with one attached hydrogen (secondary N) is 1. The second kappa shape index (κ2) is 8.77. The molecule has 1 heterocycles. The SMILES string of the molecule is CCOc1ccc(C=C2SC(=Nc3ccc(CC)cc3)NC2=O)cc1OC. The molecule has 2 aromatic carbocycles. The first-order valence-corrected chi connectivity index (χ1v) is 9.64. The number of aryl methyl sites for hydroxylation is 1. The van der Waals surface area contributed by atoms with E-state index in [9.17, 15) is 4.79 Å². The fourth-order valence-corrected chi connectivity index (χ4v) is 3.45. The first-order chi connectivity index (χ1) is 13.1. The molecular formula is C21H22N2O3S. The van der Waals surface area contributed by atoms with Crippen molar-refractivity contribution in [2.75, 3.05) is 13.7 Å². The van der Waals surface area contributed by atoms with Crippen LogP contribution in [0.25, 0.3) is 6.08 Å². The summed E-state index contributed by atoms with van der Waals surface area (Å²) in [6.45, 7) is 4.60.